The Hall–Kier alpha value is -2.63. The highest BCUT2D eigenvalue weighted by Gasteiger charge is 2.19. The number of hydrogen-bond donors (Lipinski definition) is 1. The number of nitrogen functional groups attached to an aromatic ring is 1. The minimum atomic E-state index is -0.454. The molecule has 0 radical (unpaired) electrons. The topological polar surface area (TPSA) is 81.3 Å². The summed E-state index contributed by atoms with van der Waals surface area (Å²) in [7, 11) is 1.34. The monoisotopic (exact) mass is 286 g/mol. The Morgan fingerprint density at radius 3 is 2.81 bits per heavy atom. The number of carbonyl (C=O) groups is 1. The van der Waals surface area contributed by atoms with E-state index in [4.69, 9.17) is 10.5 Å². The number of ether oxygens (including phenoxy) is 1. The summed E-state index contributed by atoms with van der Waals surface area (Å²) in [5.41, 5.74) is 7.39. The molecule has 0 atom stereocenters. The third-order valence-electron chi connectivity index (χ3n) is 3.05. The molecular formula is C15H18N4O2. The maximum Gasteiger partial charge on any atom is 0.341 e. The Morgan fingerprint density at radius 1 is 1.38 bits per heavy atom. The molecule has 6 heteroatoms. The van der Waals surface area contributed by atoms with Gasteiger partial charge in [0.15, 0.2) is 0 Å². The zero-order valence-electron chi connectivity index (χ0n) is 12.1. The zero-order chi connectivity index (χ0) is 15.2. The van der Waals surface area contributed by atoms with Crippen LogP contribution in [0.1, 0.15) is 23.0 Å². The lowest BCUT2D eigenvalue weighted by molar-refractivity contribution is 0.0601. The van der Waals surface area contributed by atoms with Gasteiger partial charge in [0.1, 0.15) is 11.4 Å². The van der Waals surface area contributed by atoms with E-state index >= 15 is 0 Å². The number of esters is 1. The van der Waals surface area contributed by atoms with Gasteiger partial charge in [-0.15, -0.1) is 0 Å². The zero-order valence-corrected chi connectivity index (χ0v) is 12.1. The average molecular weight is 286 g/mol. The van der Waals surface area contributed by atoms with Gasteiger partial charge in [0.2, 0.25) is 0 Å². The van der Waals surface area contributed by atoms with Crippen LogP contribution in [0.4, 0.5) is 11.5 Å². The van der Waals surface area contributed by atoms with Crippen molar-refractivity contribution in [1.82, 2.24) is 9.97 Å². The second-order valence-electron chi connectivity index (χ2n) is 4.47. The number of carbonyl (C=O) groups excluding carboxylic acids is 1. The van der Waals surface area contributed by atoms with Gasteiger partial charge >= 0.3 is 5.97 Å². The van der Waals surface area contributed by atoms with Gasteiger partial charge in [0, 0.05) is 12.7 Å². The van der Waals surface area contributed by atoms with Crippen LogP contribution in [0.2, 0.25) is 0 Å². The Labute approximate surface area is 123 Å². The number of rotatable bonds is 5. The van der Waals surface area contributed by atoms with Crippen molar-refractivity contribution in [2.75, 3.05) is 24.3 Å². The van der Waals surface area contributed by atoms with Crippen LogP contribution in [0.15, 0.2) is 36.7 Å². The number of pyridine rings is 2. The predicted molar refractivity (Wildman–Crippen MR) is 80.9 cm³/mol. The molecule has 0 aromatic carbocycles. The summed E-state index contributed by atoms with van der Waals surface area (Å²) in [5.74, 6) is 0.0912. The average Bonchev–Trinajstić information content (AvgIpc) is 2.53. The van der Waals surface area contributed by atoms with Crippen LogP contribution >= 0.6 is 0 Å². The quantitative estimate of drug-likeness (QED) is 0.845. The van der Waals surface area contributed by atoms with E-state index in [-0.39, 0.29) is 0 Å². The summed E-state index contributed by atoms with van der Waals surface area (Å²) in [5, 5.41) is 0. The summed E-state index contributed by atoms with van der Waals surface area (Å²) < 4.78 is 4.80. The molecule has 2 aromatic rings. The predicted octanol–water partition coefficient (Wildman–Crippen LogP) is 1.87. The van der Waals surface area contributed by atoms with E-state index in [1.165, 1.54) is 13.3 Å². The Morgan fingerprint density at radius 2 is 2.19 bits per heavy atom. The molecule has 0 saturated heterocycles. The molecule has 0 aliphatic heterocycles. The van der Waals surface area contributed by atoms with Gasteiger partial charge in [-0.25, -0.2) is 9.78 Å². The first-order valence-electron chi connectivity index (χ1n) is 6.64. The van der Waals surface area contributed by atoms with Crippen LogP contribution in [0.25, 0.3) is 0 Å². The van der Waals surface area contributed by atoms with Crippen LogP contribution in [-0.4, -0.2) is 29.6 Å². The van der Waals surface area contributed by atoms with Crippen LogP contribution in [0.3, 0.4) is 0 Å². The summed E-state index contributed by atoms with van der Waals surface area (Å²) in [6.07, 6.45) is 3.27. The van der Waals surface area contributed by atoms with E-state index in [1.807, 2.05) is 30.0 Å². The van der Waals surface area contributed by atoms with Gasteiger partial charge in [-0.1, -0.05) is 6.07 Å². The number of anilines is 2. The molecule has 0 amide bonds. The van der Waals surface area contributed by atoms with E-state index in [0.717, 1.165) is 5.69 Å². The first-order valence-corrected chi connectivity index (χ1v) is 6.64. The summed E-state index contributed by atoms with van der Waals surface area (Å²) >= 11 is 0. The van der Waals surface area contributed by atoms with Crippen LogP contribution in [-0.2, 0) is 11.3 Å². The van der Waals surface area contributed by atoms with Gasteiger partial charge in [-0.3, -0.25) is 4.98 Å². The van der Waals surface area contributed by atoms with Gasteiger partial charge in [0.05, 0.1) is 31.2 Å². The van der Waals surface area contributed by atoms with Crippen LogP contribution in [0, 0.1) is 0 Å². The second kappa shape index (κ2) is 6.69. The van der Waals surface area contributed by atoms with Crippen LogP contribution in [0.5, 0.6) is 0 Å². The SMILES string of the molecule is CCN(Cc1ccccn1)c1ncc(N)cc1C(=O)OC. The van der Waals surface area contributed by atoms with Crippen molar-refractivity contribution >= 4 is 17.5 Å². The highest BCUT2D eigenvalue weighted by Crippen LogP contribution is 2.22. The molecular weight excluding hydrogens is 268 g/mol. The molecule has 2 N–H and O–H groups in total. The lowest BCUT2D eigenvalue weighted by atomic mass is 10.2. The van der Waals surface area contributed by atoms with Gasteiger partial charge < -0.3 is 15.4 Å². The normalized spacial score (nSPS) is 10.2. The molecule has 0 fully saturated rings. The molecule has 0 aliphatic carbocycles. The van der Waals surface area contributed by atoms with E-state index < -0.39 is 5.97 Å². The minimum Gasteiger partial charge on any atom is -0.465 e. The lowest BCUT2D eigenvalue weighted by Gasteiger charge is -2.23. The number of aromatic nitrogens is 2. The minimum absolute atomic E-state index is 0.357. The first-order chi connectivity index (χ1) is 10.2. The molecule has 21 heavy (non-hydrogen) atoms. The Kier molecular flexibility index (Phi) is 4.71. The van der Waals surface area contributed by atoms with Crippen molar-refractivity contribution in [3.63, 3.8) is 0 Å². The van der Waals surface area contributed by atoms with Crippen molar-refractivity contribution in [3.8, 4) is 0 Å². The fraction of sp³-hybridized carbons (Fsp3) is 0.267. The molecule has 110 valence electrons. The van der Waals surface area contributed by atoms with Crippen molar-refractivity contribution in [3.05, 3.63) is 47.9 Å². The Bertz CT molecular complexity index is 616. The highest BCUT2D eigenvalue weighted by atomic mass is 16.5. The molecule has 6 nitrogen and oxygen atoms in total. The van der Waals surface area contributed by atoms with Crippen LogP contribution < -0.4 is 10.6 Å². The van der Waals surface area contributed by atoms with E-state index in [2.05, 4.69) is 9.97 Å². The molecule has 0 spiro atoms. The largest absolute Gasteiger partial charge is 0.465 e. The number of hydrogen-bond acceptors (Lipinski definition) is 6. The molecule has 2 aromatic heterocycles. The molecule has 2 rings (SSSR count). The molecule has 0 aliphatic rings. The molecule has 0 unspecified atom stereocenters. The van der Waals surface area contributed by atoms with Gasteiger partial charge in [-0.2, -0.15) is 0 Å². The second-order valence-corrected chi connectivity index (χ2v) is 4.47. The van der Waals surface area contributed by atoms with Crippen molar-refractivity contribution in [1.29, 1.82) is 0 Å². The standard InChI is InChI=1S/C15H18N4O2/c1-3-19(10-12-6-4-5-7-17-12)14-13(15(20)21-2)8-11(16)9-18-14/h4-9H,3,10,16H2,1-2H3. The maximum atomic E-state index is 11.9. The smallest absolute Gasteiger partial charge is 0.341 e. The Balaban J connectivity index is 2.35. The third-order valence-corrected chi connectivity index (χ3v) is 3.05. The number of methoxy groups -OCH3 is 1. The first kappa shape index (κ1) is 14.8. The summed E-state index contributed by atoms with van der Waals surface area (Å²) in [4.78, 5) is 22.4. The maximum absolute atomic E-state index is 11.9. The summed E-state index contributed by atoms with van der Waals surface area (Å²) in [6, 6.07) is 7.29. The van der Waals surface area contributed by atoms with Crippen molar-refractivity contribution in [2.45, 2.75) is 13.5 Å². The summed E-state index contributed by atoms with van der Waals surface area (Å²) in [6.45, 7) is 3.22. The highest BCUT2D eigenvalue weighted by molar-refractivity contribution is 5.95. The lowest BCUT2D eigenvalue weighted by Crippen LogP contribution is -2.26. The van der Waals surface area contributed by atoms with E-state index in [0.29, 0.717) is 30.2 Å². The van der Waals surface area contributed by atoms with E-state index in [9.17, 15) is 4.79 Å². The van der Waals surface area contributed by atoms with E-state index in [1.54, 1.807) is 12.3 Å². The van der Waals surface area contributed by atoms with Gasteiger partial charge in [0.25, 0.3) is 0 Å². The number of nitrogens with two attached hydrogens (primary N) is 1. The fourth-order valence-electron chi connectivity index (χ4n) is 2.01. The van der Waals surface area contributed by atoms with Crippen molar-refractivity contribution < 1.29 is 9.53 Å². The number of nitrogens with zero attached hydrogens (tertiary/aromatic N) is 3. The molecule has 0 bridgehead atoms. The molecule has 0 saturated carbocycles. The fourth-order valence-corrected chi connectivity index (χ4v) is 2.01. The van der Waals surface area contributed by atoms with Crippen molar-refractivity contribution in [2.24, 2.45) is 0 Å². The molecule has 2 heterocycles. The third kappa shape index (κ3) is 3.47. The van der Waals surface area contributed by atoms with Gasteiger partial charge in [-0.05, 0) is 25.1 Å².